The van der Waals surface area contributed by atoms with Crippen molar-refractivity contribution in [3.8, 4) is 11.8 Å². The molecule has 0 atom stereocenters. The van der Waals surface area contributed by atoms with Gasteiger partial charge in [-0.1, -0.05) is 0 Å². The minimum absolute atomic E-state index is 0.628. The number of anilines is 2. The fraction of sp³-hybridized carbons (Fsp3) is 0.353. The second kappa shape index (κ2) is 6.53. The highest BCUT2D eigenvalue weighted by molar-refractivity contribution is 5.56. The fourth-order valence-corrected chi connectivity index (χ4v) is 2.72. The minimum atomic E-state index is 0.628. The second-order valence-electron chi connectivity index (χ2n) is 5.46. The van der Waals surface area contributed by atoms with Crippen molar-refractivity contribution >= 4 is 11.6 Å². The summed E-state index contributed by atoms with van der Waals surface area (Å²) < 4.78 is 5.26. The van der Waals surface area contributed by atoms with Gasteiger partial charge in [0.15, 0.2) is 0 Å². The van der Waals surface area contributed by atoms with Crippen molar-refractivity contribution in [3.05, 3.63) is 41.7 Å². The predicted molar refractivity (Wildman–Crippen MR) is 88.9 cm³/mol. The highest BCUT2D eigenvalue weighted by Crippen LogP contribution is 2.23. The van der Waals surface area contributed by atoms with E-state index >= 15 is 0 Å². The van der Waals surface area contributed by atoms with Crippen LogP contribution < -0.4 is 14.5 Å². The van der Waals surface area contributed by atoms with Gasteiger partial charge in [-0.15, -0.1) is 0 Å². The number of aromatic nitrogens is 2. The molecule has 2 aromatic heterocycles. The molecule has 3 heterocycles. The molecule has 0 spiro atoms. The van der Waals surface area contributed by atoms with E-state index in [1.54, 1.807) is 13.3 Å². The van der Waals surface area contributed by atoms with E-state index in [0.717, 1.165) is 49.3 Å². The summed E-state index contributed by atoms with van der Waals surface area (Å²) in [4.78, 5) is 13.4. The van der Waals surface area contributed by atoms with Gasteiger partial charge in [0, 0.05) is 44.1 Å². The monoisotopic (exact) mass is 309 g/mol. The third kappa shape index (κ3) is 3.19. The van der Waals surface area contributed by atoms with Crippen molar-refractivity contribution in [2.75, 3.05) is 43.1 Å². The molecule has 6 heteroatoms. The number of aryl methyl sites for hydroxylation is 1. The number of ether oxygens (including phenoxy) is 1. The smallest absolute Gasteiger partial charge is 0.146 e. The third-order valence-corrected chi connectivity index (χ3v) is 3.99. The van der Waals surface area contributed by atoms with Crippen LogP contribution in [0, 0.1) is 18.3 Å². The Morgan fingerprint density at radius 2 is 1.87 bits per heavy atom. The first-order chi connectivity index (χ1) is 11.2. The number of methoxy groups -OCH3 is 1. The summed E-state index contributed by atoms with van der Waals surface area (Å²) in [7, 11) is 1.66. The number of rotatable bonds is 3. The Morgan fingerprint density at radius 3 is 2.57 bits per heavy atom. The van der Waals surface area contributed by atoms with Crippen LogP contribution in [0.2, 0.25) is 0 Å². The van der Waals surface area contributed by atoms with Crippen molar-refractivity contribution < 1.29 is 4.74 Å². The van der Waals surface area contributed by atoms with E-state index in [1.807, 2.05) is 31.2 Å². The van der Waals surface area contributed by atoms with E-state index in [4.69, 9.17) is 4.74 Å². The molecule has 0 N–H and O–H groups in total. The average molecular weight is 309 g/mol. The molecule has 0 amide bonds. The van der Waals surface area contributed by atoms with Crippen LogP contribution in [0.15, 0.2) is 30.5 Å². The molecule has 1 aliphatic heterocycles. The first-order valence-corrected chi connectivity index (χ1v) is 7.59. The van der Waals surface area contributed by atoms with Crippen LogP contribution in [0.5, 0.6) is 5.75 Å². The largest absolute Gasteiger partial charge is 0.497 e. The maximum atomic E-state index is 9.28. The van der Waals surface area contributed by atoms with Crippen LogP contribution in [0.3, 0.4) is 0 Å². The molecular formula is C17H19N5O. The van der Waals surface area contributed by atoms with Gasteiger partial charge in [0.05, 0.1) is 12.7 Å². The molecule has 0 saturated carbocycles. The molecule has 0 radical (unpaired) electrons. The Morgan fingerprint density at radius 1 is 1.13 bits per heavy atom. The lowest BCUT2D eigenvalue weighted by Crippen LogP contribution is -2.47. The summed E-state index contributed by atoms with van der Waals surface area (Å²) in [6.07, 6.45) is 1.76. The lowest BCUT2D eigenvalue weighted by Gasteiger charge is -2.36. The van der Waals surface area contributed by atoms with E-state index in [1.165, 1.54) is 0 Å². The highest BCUT2D eigenvalue weighted by Gasteiger charge is 2.21. The fourth-order valence-electron chi connectivity index (χ4n) is 2.72. The standard InChI is InChI=1S/C17H19N5O/c1-13-3-4-14(12-18)17(20-13)22-9-7-21(8-10-22)16-11-15(23-2)5-6-19-16/h3-6,11H,7-10H2,1-2H3. The van der Waals surface area contributed by atoms with Crippen LogP contribution in [-0.2, 0) is 0 Å². The van der Waals surface area contributed by atoms with Gasteiger partial charge in [-0.05, 0) is 25.1 Å². The van der Waals surface area contributed by atoms with Crippen molar-refractivity contribution in [2.24, 2.45) is 0 Å². The van der Waals surface area contributed by atoms with Gasteiger partial charge in [-0.25, -0.2) is 9.97 Å². The quantitative estimate of drug-likeness (QED) is 0.864. The number of piperazine rings is 1. The Bertz CT molecular complexity index is 732. The highest BCUT2D eigenvalue weighted by atomic mass is 16.5. The summed E-state index contributed by atoms with van der Waals surface area (Å²) in [6.45, 7) is 5.23. The maximum Gasteiger partial charge on any atom is 0.146 e. The topological polar surface area (TPSA) is 65.3 Å². The minimum Gasteiger partial charge on any atom is -0.497 e. The molecule has 118 valence electrons. The molecule has 2 aromatic rings. The molecular weight excluding hydrogens is 290 g/mol. The SMILES string of the molecule is COc1ccnc(N2CCN(c3nc(C)ccc3C#N)CC2)c1. The molecule has 6 nitrogen and oxygen atoms in total. The van der Waals surface area contributed by atoms with Crippen LogP contribution >= 0.6 is 0 Å². The van der Waals surface area contributed by atoms with Gasteiger partial charge in [0.2, 0.25) is 0 Å². The lowest BCUT2D eigenvalue weighted by atomic mass is 10.2. The van der Waals surface area contributed by atoms with Crippen LogP contribution in [0.4, 0.5) is 11.6 Å². The lowest BCUT2D eigenvalue weighted by molar-refractivity contribution is 0.414. The molecule has 1 aliphatic rings. The van der Waals surface area contributed by atoms with E-state index < -0.39 is 0 Å². The molecule has 1 saturated heterocycles. The van der Waals surface area contributed by atoms with Gasteiger partial charge in [-0.2, -0.15) is 5.26 Å². The maximum absolute atomic E-state index is 9.28. The number of hydrogen-bond acceptors (Lipinski definition) is 6. The number of hydrogen-bond donors (Lipinski definition) is 0. The molecule has 0 aliphatic carbocycles. The van der Waals surface area contributed by atoms with E-state index in [9.17, 15) is 5.26 Å². The Hall–Kier alpha value is -2.81. The normalized spacial score (nSPS) is 14.5. The van der Waals surface area contributed by atoms with Gasteiger partial charge in [0.1, 0.15) is 23.5 Å². The van der Waals surface area contributed by atoms with Crippen LogP contribution in [-0.4, -0.2) is 43.3 Å². The first kappa shape index (κ1) is 15.1. The predicted octanol–water partition coefficient (Wildman–Crippen LogP) is 1.99. The van der Waals surface area contributed by atoms with Crippen molar-refractivity contribution in [1.82, 2.24) is 9.97 Å². The van der Waals surface area contributed by atoms with Crippen molar-refractivity contribution in [2.45, 2.75) is 6.92 Å². The van der Waals surface area contributed by atoms with Gasteiger partial charge < -0.3 is 14.5 Å². The van der Waals surface area contributed by atoms with Crippen LogP contribution in [0.25, 0.3) is 0 Å². The second-order valence-corrected chi connectivity index (χ2v) is 5.46. The van der Waals surface area contributed by atoms with E-state index in [-0.39, 0.29) is 0 Å². The molecule has 1 fully saturated rings. The van der Waals surface area contributed by atoms with E-state index in [2.05, 4.69) is 25.8 Å². The summed E-state index contributed by atoms with van der Waals surface area (Å²) in [5.41, 5.74) is 1.56. The molecule has 0 unspecified atom stereocenters. The van der Waals surface area contributed by atoms with Gasteiger partial charge in [0.25, 0.3) is 0 Å². The third-order valence-electron chi connectivity index (χ3n) is 3.99. The molecule has 3 rings (SSSR count). The zero-order chi connectivity index (χ0) is 16.2. The molecule has 23 heavy (non-hydrogen) atoms. The van der Waals surface area contributed by atoms with Gasteiger partial charge >= 0.3 is 0 Å². The number of pyridine rings is 2. The zero-order valence-corrected chi connectivity index (χ0v) is 13.4. The summed E-state index contributed by atoms with van der Waals surface area (Å²) in [5.74, 6) is 2.51. The Kier molecular flexibility index (Phi) is 4.29. The first-order valence-electron chi connectivity index (χ1n) is 7.59. The van der Waals surface area contributed by atoms with E-state index in [0.29, 0.717) is 5.56 Å². The van der Waals surface area contributed by atoms with Crippen LogP contribution in [0.1, 0.15) is 11.3 Å². The molecule has 0 bridgehead atoms. The Labute approximate surface area is 136 Å². The zero-order valence-electron chi connectivity index (χ0n) is 13.4. The molecule has 0 aromatic carbocycles. The summed E-state index contributed by atoms with van der Waals surface area (Å²) in [5, 5.41) is 9.28. The average Bonchev–Trinajstić information content (AvgIpc) is 2.62. The number of nitriles is 1. The van der Waals surface area contributed by atoms with Crippen molar-refractivity contribution in [3.63, 3.8) is 0 Å². The number of nitrogens with zero attached hydrogens (tertiary/aromatic N) is 5. The Balaban J connectivity index is 1.74. The van der Waals surface area contributed by atoms with Crippen molar-refractivity contribution in [1.29, 1.82) is 5.26 Å². The summed E-state index contributed by atoms with van der Waals surface area (Å²) >= 11 is 0. The van der Waals surface area contributed by atoms with Gasteiger partial charge in [-0.3, -0.25) is 0 Å². The summed E-state index contributed by atoms with van der Waals surface area (Å²) in [6, 6.07) is 9.73.